The van der Waals surface area contributed by atoms with Gasteiger partial charge in [-0.2, -0.15) is 4.98 Å². The molecule has 0 radical (unpaired) electrons. The third-order valence-corrected chi connectivity index (χ3v) is 3.00. The Kier molecular flexibility index (Phi) is 4.73. The summed E-state index contributed by atoms with van der Waals surface area (Å²) in [4.78, 5) is 15.2. The lowest BCUT2D eigenvalue weighted by atomic mass is 10.2. The third kappa shape index (κ3) is 3.57. The minimum Gasteiger partial charge on any atom is -0.485 e. The largest absolute Gasteiger partial charge is 0.485 e. The van der Waals surface area contributed by atoms with Crippen molar-refractivity contribution in [2.24, 2.45) is 0 Å². The average molecular weight is 341 g/mol. The van der Waals surface area contributed by atoms with Gasteiger partial charge in [-0.3, -0.25) is 0 Å². The standard InChI is InChI=1S/C13H13BrN2O4/c1-2-3-12-15-11(16-20-12)7-19-10-6-8(14)4-5-9(10)13(17)18/h4-6H,2-3,7H2,1H3,(H,17,18). The quantitative estimate of drug-likeness (QED) is 0.869. The molecule has 0 aliphatic heterocycles. The minimum atomic E-state index is -1.05. The van der Waals surface area contributed by atoms with Gasteiger partial charge in [0.05, 0.1) is 0 Å². The van der Waals surface area contributed by atoms with Crippen molar-refractivity contribution in [1.82, 2.24) is 10.1 Å². The Hall–Kier alpha value is -1.89. The number of halogens is 1. The van der Waals surface area contributed by atoms with Crippen molar-refractivity contribution in [3.05, 3.63) is 40.0 Å². The maximum atomic E-state index is 11.1. The lowest BCUT2D eigenvalue weighted by Gasteiger charge is -2.07. The molecule has 0 saturated carbocycles. The Balaban J connectivity index is 2.09. The summed E-state index contributed by atoms with van der Waals surface area (Å²) < 4.78 is 11.2. The van der Waals surface area contributed by atoms with E-state index in [0.29, 0.717) is 18.1 Å². The maximum absolute atomic E-state index is 11.1. The van der Waals surface area contributed by atoms with Crippen LogP contribution in [0.4, 0.5) is 0 Å². The average Bonchev–Trinajstić information content (AvgIpc) is 2.84. The van der Waals surface area contributed by atoms with Crippen LogP contribution in [0.2, 0.25) is 0 Å². The van der Waals surface area contributed by atoms with Crippen molar-refractivity contribution in [2.75, 3.05) is 0 Å². The van der Waals surface area contributed by atoms with Gasteiger partial charge in [0, 0.05) is 10.9 Å². The zero-order chi connectivity index (χ0) is 14.5. The van der Waals surface area contributed by atoms with Crippen molar-refractivity contribution in [2.45, 2.75) is 26.4 Å². The molecule has 6 nitrogen and oxygen atoms in total. The van der Waals surface area contributed by atoms with Crippen molar-refractivity contribution in [3.63, 3.8) is 0 Å². The molecule has 1 aromatic carbocycles. The van der Waals surface area contributed by atoms with Crippen LogP contribution < -0.4 is 4.74 Å². The number of aryl methyl sites for hydroxylation is 1. The molecule has 7 heteroatoms. The van der Waals surface area contributed by atoms with Gasteiger partial charge < -0.3 is 14.4 Å². The second-order valence-electron chi connectivity index (χ2n) is 4.09. The fourth-order valence-corrected chi connectivity index (χ4v) is 1.94. The Bertz CT molecular complexity index is 612. The number of carboxylic acid groups (broad SMARTS) is 1. The summed E-state index contributed by atoms with van der Waals surface area (Å²) in [6.45, 7) is 2.07. The molecular formula is C13H13BrN2O4. The van der Waals surface area contributed by atoms with E-state index in [0.717, 1.165) is 10.9 Å². The first-order valence-corrected chi connectivity index (χ1v) is 6.86. The topological polar surface area (TPSA) is 85.5 Å². The molecule has 2 rings (SSSR count). The molecular weight excluding hydrogens is 328 g/mol. The van der Waals surface area contributed by atoms with Crippen LogP contribution in [0.3, 0.4) is 0 Å². The smallest absolute Gasteiger partial charge is 0.339 e. The Labute approximate surface area is 123 Å². The van der Waals surface area contributed by atoms with E-state index in [1.807, 2.05) is 6.92 Å². The third-order valence-electron chi connectivity index (χ3n) is 2.50. The van der Waals surface area contributed by atoms with Crippen LogP contribution in [-0.2, 0) is 13.0 Å². The van der Waals surface area contributed by atoms with Gasteiger partial charge in [0.1, 0.15) is 11.3 Å². The predicted octanol–water partition coefficient (Wildman–Crippen LogP) is 3.06. The monoisotopic (exact) mass is 340 g/mol. The van der Waals surface area contributed by atoms with Crippen molar-refractivity contribution in [3.8, 4) is 5.75 Å². The van der Waals surface area contributed by atoms with Crippen LogP contribution in [0.5, 0.6) is 5.75 Å². The van der Waals surface area contributed by atoms with Crippen molar-refractivity contribution >= 4 is 21.9 Å². The number of rotatable bonds is 6. The second kappa shape index (κ2) is 6.51. The Morgan fingerprint density at radius 1 is 1.50 bits per heavy atom. The molecule has 2 aromatic rings. The van der Waals surface area contributed by atoms with Gasteiger partial charge in [-0.15, -0.1) is 0 Å². The first-order chi connectivity index (χ1) is 9.60. The van der Waals surface area contributed by atoms with Crippen LogP contribution >= 0.6 is 15.9 Å². The number of aromatic carboxylic acids is 1. The van der Waals surface area contributed by atoms with Crippen LogP contribution in [0.15, 0.2) is 27.2 Å². The molecule has 106 valence electrons. The number of hydrogen-bond acceptors (Lipinski definition) is 5. The molecule has 1 N–H and O–H groups in total. The summed E-state index contributed by atoms with van der Waals surface area (Å²) in [5, 5.41) is 12.9. The highest BCUT2D eigenvalue weighted by atomic mass is 79.9. The maximum Gasteiger partial charge on any atom is 0.339 e. The van der Waals surface area contributed by atoms with Gasteiger partial charge in [0.2, 0.25) is 11.7 Å². The number of hydrogen-bond donors (Lipinski definition) is 1. The number of aromatic nitrogens is 2. The van der Waals surface area contributed by atoms with Crippen LogP contribution in [0.25, 0.3) is 0 Å². The summed E-state index contributed by atoms with van der Waals surface area (Å²) in [6.07, 6.45) is 1.63. The van der Waals surface area contributed by atoms with Crippen molar-refractivity contribution in [1.29, 1.82) is 0 Å². The second-order valence-corrected chi connectivity index (χ2v) is 5.00. The molecule has 0 aliphatic carbocycles. The van der Waals surface area contributed by atoms with Gasteiger partial charge in [-0.05, 0) is 24.6 Å². The highest BCUT2D eigenvalue weighted by Crippen LogP contribution is 2.24. The molecule has 1 heterocycles. The predicted molar refractivity (Wildman–Crippen MR) is 73.7 cm³/mol. The van der Waals surface area contributed by atoms with Gasteiger partial charge in [0.25, 0.3) is 0 Å². The summed E-state index contributed by atoms with van der Waals surface area (Å²) in [6, 6.07) is 4.71. The first-order valence-electron chi connectivity index (χ1n) is 6.07. The molecule has 0 aliphatic rings. The van der Waals surface area contributed by atoms with E-state index in [1.165, 1.54) is 6.07 Å². The summed E-state index contributed by atoms with van der Waals surface area (Å²) >= 11 is 3.27. The summed E-state index contributed by atoms with van der Waals surface area (Å²) in [5.74, 6) is 0.157. The SMILES string of the molecule is CCCc1nc(COc2cc(Br)ccc2C(=O)O)no1. The molecule has 1 aromatic heterocycles. The van der Waals surface area contributed by atoms with E-state index in [-0.39, 0.29) is 17.9 Å². The minimum absolute atomic E-state index is 0.0595. The summed E-state index contributed by atoms with van der Waals surface area (Å²) in [7, 11) is 0. The zero-order valence-electron chi connectivity index (χ0n) is 10.8. The number of ether oxygens (including phenoxy) is 1. The molecule has 0 spiro atoms. The number of nitrogens with zero attached hydrogens (tertiary/aromatic N) is 2. The van der Waals surface area contributed by atoms with E-state index in [2.05, 4.69) is 26.1 Å². The van der Waals surface area contributed by atoms with E-state index >= 15 is 0 Å². The van der Waals surface area contributed by atoms with Gasteiger partial charge in [-0.1, -0.05) is 28.0 Å². The highest BCUT2D eigenvalue weighted by Gasteiger charge is 2.13. The number of benzene rings is 1. The lowest BCUT2D eigenvalue weighted by Crippen LogP contribution is -2.04. The van der Waals surface area contributed by atoms with Gasteiger partial charge in [0.15, 0.2) is 6.61 Å². The van der Waals surface area contributed by atoms with E-state index in [9.17, 15) is 4.79 Å². The molecule has 0 fully saturated rings. The lowest BCUT2D eigenvalue weighted by molar-refractivity contribution is 0.0691. The summed E-state index contributed by atoms with van der Waals surface area (Å²) in [5.41, 5.74) is 0.0884. The molecule has 0 atom stereocenters. The Morgan fingerprint density at radius 2 is 2.30 bits per heavy atom. The van der Waals surface area contributed by atoms with Crippen LogP contribution in [0, 0.1) is 0 Å². The normalized spacial score (nSPS) is 10.5. The fourth-order valence-electron chi connectivity index (χ4n) is 1.60. The molecule has 0 saturated heterocycles. The van der Waals surface area contributed by atoms with Crippen LogP contribution in [0.1, 0.15) is 35.4 Å². The molecule has 20 heavy (non-hydrogen) atoms. The number of carboxylic acids is 1. The first kappa shape index (κ1) is 14.5. The Morgan fingerprint density at radius 3 is 3.00 bits per heavy atom. The van der Waals surface area contributed by atoms with E-state index in [4.69, 9.17) is 14.4 Å². The van der Waals surface area contributed by atoms with Crippen LogP contribution in [-0.4, -0.2) is 21.2 Å². The molecule has 0 bridgehead atoms. The fraction of sp³-hybridized carbons (Fsp3) is 0.308. The van der Waals surface area contributed by atoms with Crippen molar-refractivity contribution < 1.29 is 19.2 Å². The van der Waals surface area contributed by atoms with E-state index in [1.54, 1.807) is 12.1 Å². The van der Waals surface area contributed by atoms with Gasteiger partial charge in [-0.25, -0.2) is 4.79 Å². The molecule has 0 unspecified atom stereocenters. The van der Waals surface area contributed by atoms with Gasteiger partial charge >= 0.3 is 5.97 Å². The molecule has 0 amide bonds. The zero-order valence-corrected chi connectivity index (χ0v) is 12.4. The highest BCUT2D eigenvalue weighted by molar-refractivity contribution is 9.10. The van der Waals surface area contributed by atoms with E-state index < -0.39 is 5.97 Å². The number of carbonyl (C=O) groups is 1.